The van der Waals surface area contributed by atoms with Crippen molar-refractivity contribution in [2.75, 3.05) is 24.2 Å². The van der Waals surface area contributed by atoms with Crippen LogP contribution < -0.4 is 5.32 Å². The van der Waals surface area contributed by atoms with Gasteiger partial charge in [0.25, 0.3) is 0 Å². The van der Waals surface area contributed by atoms with Crippen LogP contribution in [0.2, 0.25) is 0 Å². The molecule has 178 valence electrons. The lowest BCUT2D eigenvalue weighted by Gasteiger charge is -2.34. The van der Waals surface area contributed by atoms with Crippen molar-refractivity contribution in [3.63, 3.8) is 0 Å². The lowest BCUT2D eigenvalue weighted by atomic mass is 10.0. The molecule has 0 bridgehead atoms. The second-order valence-electron chi connectivity index (χ2n) is 9.30. The highest BCUT2D eigenvalue weighted by molar-refractivity contribution is 7.85. The number of pyridine rings is 1. The summed E-state index contributed by atoms with van der Waals surface area (Å²) < 4.78 is 46.9. The third-order valence-corrected chi connectivity index (χ3v) is 6.57. The zero-order valence-corrected chi connectivity index (χ0v) is 20.3. The zero-order chi connectivity index (χ0) is 23.9. The second-order valence-corrected chi connectivity index (χ2v) is 10.6. The number of likely N-dealkylation sites (tertiary alicyclic amines) is 1. The minimum atomic E-state index is -4.51. The molecule has 1 unspecified atom stereocenters. The van der Waals surface area contributed by atoms with E-state index in [4.69, 9.17) is 4.74 Å². The molecule has 1 N–H and O–H groups in total. The molecule has 3 heterocycles. The summed E-state index contributed by atoms with van der Waals surface area (Å²) in [5.41, 5.74) is -0.140. The van der Waals surface area contributed by atoms with Crippen molar-refractivity contribution in [3.05, 3.63) is 29.7 Å². The van der Waals surface area contributed by atoms with Gasteiger partial charge in [0.2, 0.25) is 0 Å². The summed E-state index contributed by atoms with van der Waals surface area (Å²) in [4.78, 5) is 18.3. The largest absolute Gasteiger partial charge is 0.444 e. The van der Waals surface area contributed by atoms with Crippen LogP contribution in [0, 0.1) is 0 Å². The average molecular weight is 491 g/mol. The van der Waals surface area contributed by atoms with E-state index in [2.05, 4.69) is 35.6 Å². The van der Waals surface area contributed by atoms with Gasteiger partial charge >= 0.3 is 12.3 Å². The first kappa shape index (κ1) is 24.9. The highest BCUT2D eigenvalue weighted by Gasteiger charge is 2.34. The lowest BCUT2D eigenvalue weighted by Crippen LogP contribution is -2.44. The number of nitrogens with zero attached hydrogens (tertiary/aromatic N) is 3. The number of aromatic nitrogens is 2. The molecular formula is C21H29F3N4O2S2. The normalized spacial score (nSPS) is 18.0. The van der Waals surface area contributed by atoms with Gasteiger partial charge in [-0.25, -0.2) is 9.78 Å². The molecule has 1 aliphatic heterocycles. The van der Waals surface area contributed by atoms with Crippen molar-refractivity contribution in [1.29, 1.82) is 0 Å². The van der Waals surface area contributed by atoms with Gasteiger partial charge in [-0.2, -0.15) is 38.4 Å². The topological polar surface area (TPSA) is 58.9 Å². The zero-order valence-electron chi connectivity index (χ0n) is 18.5. The third kappa shape index (κ3) is 5.59. The number of rotatable bonds is 4. The summed E-state index contributed by atoms with van der Waals surface area (Å²) in [7, 11) is 0. The Labute approximate surface area is 196 Å². The molecule has 2 aromatic heterocycles. The molecule has 1 amide bonds. The van der Waals surface area contributed by atoms with Crippen LogP contribution in [-0.4, -0.2) is 50.9 Å². The highest BCUT2D eigenvalue weighted by Crippen LogP contribution is 2.36. The summed E-state index contributed by atoms with van der Waals surface area (Å²) in [6.07, 6.45) is -1.15. The Hall–Kier alpha value is -1.75. The van der Waals surface area contributed by atoms with Gasteiger partial charge in [0.1, 0.15) is 5.60 Å². The van der Waals surface area contributed by atoms with Crippen LogP contribution in [-0.2, 0) is 15.7 Å². The molecule has 11 heteroatoms. The number of alkyl halides is 3. The number of hydrogen-bond acceptors (Lipinski definition) is 6. The van der Waals surface area contributed by atoms with Crippen LogP contribution >= 0.6 is 25.3 Å². The van der Waals surface area contributed by atoms with Gasteiger partial charge in [0.05, 0.1) is 27.9 Å². The van der Waals surface area contributed by atoms with Gasteiger partial charge in [0, 0.05) is 31.1 Å². The number of fused-ring (bicyclic) bond motifs is 1. The number of hydrogen-bond donors (Lipinski definition) is 3. The number of halogens is 3. The predicted molar refractivity (Wildman–Crippen MR) is 125 cm³/mol. The Kier molecular flexibility index (Phi) is 6.91. The van der Waals surface area contributed by atoms with E-state index in [9.17, 15) is 18.0 Å². The smallest absolute Gasteiger partial charge is 0.417 e. The first-order chi connectivity index (χ1) is 14.7. The third-order valence-electron chi connectivity index (χ3n) is 5.30. The summed E-state index contributed by atoms with van der Waals surface area (Å²) in [5.74, 6) is 0.325. The maximum absolute atomic E-state index is 13.6. The van der Waals surface area contributed by atoms with Crippen molar-refractivity contribution in [2.24, 2.45) is 0 Å². The minimum Gasteiger partial charge on any atom is -0.444 e. The van der Waals surface area contributed by atoms with E-state index in [0.717, 1.165) is 12.3 Å². The number of carbonyl (C=O) groups is 1. The quantitative estimate of drug-likeness (QED) is 0.513. The highest BCUT2D eigenvalue weighted by atomic mass is 32.1. The van der Waals surface area contributed by atoms with Crippen LogP contribution in [0.25, 0.3) is 5.65 Å². The number of nitrogens with one attached hydrogen (secondary N) is 1. The molecule has 1 saturated heterocycles. The molecule has 1 fully saturated rings. The monoisotopic (exact) mass is 490 g/mol. The molecule has 0 aromatic carbocycles. The molecule has 6 nitrogen and oxygen atoms in total. The van der Waals surface area contributed by atoms with Crippen molar-refractivity contribution in [1.82, 2.24) is 14.3 Å². The van der Waals surface area contributed by atoms with Crippen LogP contribution in [0.3, 0.4) is 0 Å². The van der Waals surface area contributed by atoms with Gasteiger partial charge in [-0.15, -0.1) is 0 Å². The van der Waals surface area contributed by atoms with Crippen molar-refractivity contribution < 1.29 is 22.7 Å². The SMILES string of the molecule is CC(C)(C)OC(=O)N1CCC(Nc2cc(C(F)(F)F)cn3c(C(C)(S)CS)cnc23)CC1. The van der Waals surface area contributed by atoms with Crippen LogP contribution in [0.5, 0.6) is 0 Å². The van der Waals surface area contributed by atoms with Crippen LogP contribution in [0.4, 0.5) is 23.7 Å². The molecule has 0 aliphatic carbocycles. The standard InChI is InChI=1S/C21H29F3N4O2S2/c1-19(2,3)30-18(29)27-7-5-14(6-8-27)26-15-9-13(21(22,23)24)11-28-16(10-25-17(15)28)20(4,32)12-31/h9-11,14,26,31-32H,5-8,12H2,1-4H3. The molecule has 0 saturated carbocycles. The number of anilines is 1. The molecule has 1 aliphatic rings. The summed E-state index contributed by atoms with van der Waals surface area (Å²) >= 11 is 8.84. The average Bonchev–Trinajstić information content (AvgIpc) is 3.12. The Bertz CT molecular complexity index is 978. The maximum atomic E-state index is 13.6. The van der Waals surface area contributed by atoms with E-state index < -0.39 is 22.1 Å². The molecule has 0 spiro atoms. The number of carbonyl (C=O) groups excluding carboxylic acids is 1. The van der Waals surface area contributed by atoms with Crippen LogP contribution in [0.1, 0.15) is 51.8 Å². The van der Waals surface area contributed by atoms with Gasteiger partial charge in [-0.1, -0.05) is 0 Å². The Morgan fingerprint density at radius 2 is 1.88 bits per heavy atom. The van der Waals surface area contributed by atoms with Gasteiger partial charge in [-0.05, 0) is 46.6 Å². The summed E-state index contributed by atoms with van der Waals surface area (Å²) in [5, 5.41) is 3.22. The van der Waals surface area contributed by atoms with Crippen molar-refractivity contribution in [3.8, 4) is 0 Å². The first-order valence-electron chi connectivity index (χ1n) is 10.4. The molecule has 3 rings (SSSR count). The van der Waals surface area contributed by atoms with E-state index in [1.807, 2.05) is 0 Å². The van der Waals surface area contributed by atoms with E-state index in [1.54, 1.807) is 32.6 Å². The summed E-state index contributed by atoms with van der Waals surface area (Å²) in [6, 6.07) is 0.983. The number of imidazole rings is 1. The van der Waals surface area contributed by atoms with Crippen molar-refractivity contribution >= 4 is 42.7 Å². The molecule has 1 atom stereocenters. The van der Waals surface area contributed by atoms with Gasteiger partial charge < -0.3 is 19.4 Å². The fraction of sp³-hybridized carbons (Fsp3) is 0.619. The molecule has 2 aromatic rings. The van der Waals surface area contributed by atoms with E-state index in [1.165, 1.54) is 10.6 Å². The fourth-order valence-corrected chi connectivity index (χ4v) is 3.91. The summed E-state index contributed by atoms with van der Waals surface area (Å²) in [6.45, 7) is 8.11. The number of thiol groups is 2. The number of amides is 1. The Morgan fingerprint density at radius 3 is 2.41 bits per heavy atom. The van der Waals surface area contributed by atoms with Crippen molar-refractivity contribution in [2.45, 2.75) is 63.1 Å². The maximum Gasteiger partial charge on any atom is 0.417 e. The minimum absolute atomic E-state index is 0.103. The van der Waals surface area contributed by atoms with Crippen LogP contribution in [0.15, 0.2) is 18.5 Å². The van der Waals surface area contributed by atoms with Gasteiger partial charge in [0.15, 0.2) is 5.65 Å². The van der Waals surface area contributed by atoms with E-state index in [-0.39, 0.29) is 12.1 Å². The van der Waals surface area contributed by atoms with Gasteiger partial charge in [-0.3, -0.25) is 0 Å². The number of ether oxygens (including phenoxy) is 1. The molecule has 32 heavy (non-hydrogen) atoms. The number of piperidine rings is 1. The van der Waals surface area contributed by atoms with E-state index >= 15 is 0 Å². The Balaban J connectivity index is 1.84. The predicted octanol–water partition coefficient (Wildman–Crippen LogP) is 5.24. The lowest BCUT2D eigenvalue weighted by molar-refractivity contribution is -0.137. The first-order valence-corrected chi connectivity index (χ1v) is 11.5. The van der Waals surface area contributed by atoms with E-state index in [0.29, 0.717) is 48.7 Å². The Morgan fingerprint density at radius 1 is 1.25 bits per heavy atom. The molecule has 0 radical (unpaired) electrons. The molecular weight excluding hydrogens is 461 g/mol. The fourth-order valence-electron chi connectivity index (χ4n) is 3.58. The second kappa shape index (κ2) is 8.89.